The fraction of sp³-hybridized carbons (Fsp3) is 0.588. The van der Waals surface area contributed by atoms with E-state index in [-0.39, 0.29) is 11.7 Å². The molecule has 1 atom stereocenters. The first-order valence-corrected chi connectivity index (χ1v) is 8.02. The molecule has 6 heteroatoms. The number of ether oxygens (including phenoxy) is 1. The number of hydrogen-bond acceptors (Lipinski definition) is 3. The summed E-state index contributed by atoms with van der Waals surface area (Å²) in [6.45, 7) is 3.17. The van der Waals surface area contributed by atoms with E-state index in [9.17, 15) is 13.6 Å². The van der Waals surface area contributed by atoms with E-state index in [4.69, 9.17) is 0 Å². The Balaban J connectivity index is 1.91. The summed E-state index contributed by atoms with van der Waals surface area (Å²) in [5.74, 6) is 0.572. The van der Waals surface area contributed by atoms with Crippen LogP contribution in [0.25, 0.3) is 0 Å². The zero-order valence-corrected chi connectivity index (χ0v) is 13.6. The van der Waals surface area contributed by atoms with Crippen molar-refractivity contribution in [3.05, 3.63) is 28.8 Å². The Labute approximate surface area is 135 Å². The smallest absolute Gasteiger partial charge is 0.387 e. The number of aryl methyl sites for hydroxylation is 2. The van der Waals surface area contributed by atoms with Crippen molar-refractivity contribution in [2.75, 3.05) is 19.6 Å². The van der Waals surface area contributed by atoms with Gasteiger partial charge in [0.15, 0.2) is 0 Å². The van der Waals surface area contributed by atoms with E-state index in [0.29, 0.717) is 29.2 Å². The minimum atomic E-state index is -2.86. The Morgan fingerprint density at radius 1 is 1.39 bits per heavy atom. The molecule has 0 spiro atoms. The summed E-state index contributed by atoms with van der Waals surface area (Å²) < 4.78 is 29.3. The molecular weight excluding hydrogens is 302 g/mol. The number of benzene rings is 1. The Hall–Kier alpha value is -1.69. The summed E-state index contributed by atoms with van der Waals surface area (Å²) in [6.07, 6.45) is 3.33. The highest BCUT2D eigenvalue weighted by Gasteiger charge is 2.16. The largest absolute Gasteiger partial charge is 0.434 e. The van der Waals surface area contributed by atoms with Gasteiger partial charge in [-0.05, 0) is 75.4 Å². The lowest BCUT2D eigenvalue weighted by Crippen LogP contribution is -2.33. The minimum absolute atomic E-state index is 0.143. The number of alkyl halides is 2. The van der Waals surface area contributed by atoms with Crippen molar-refractivity contribution in [2.24, 2.45) is 5.92 Å². The number of piperidine rings is 1. The van der Waals surface area contributed by atoms with E-state index >= 15 is 0 Å². The van der Waals surface area contributed by atoms with Gasteiger partial charge in [0.1, 0.15) is 5.75 Å². The fourth-order valence-electron chi connectivity index (χ4n) is 3.02. The highest BCUT2D eigenvalue weighted by Crippen LogP contribution is 2.26. The molecule has 1 aliphatic heterocycles. The molecule has 0 aliphatic carbocycles. The Morgan fingerprint density at radius 3 is 2.65 bits per heavy atom. The van der Waals surface area contributed by atoms with Crippen LogP contribution < -0.4 is 15.4 Å². The van der Waals surface area contributed by atoms with Gasteiger partial charge in [0.2, 0.25) is 0 Å². The third kappa shape index (κ3) is 5.16. The first kappa shape index (κ1) is 17.7. The molecule has 1 aliphatic rings. The minimum Gasteiger partial charge on any atom is -0.434 e. The number of carbonyl (C=O) groups is 1. The average Bonchev–Trinajstić information content (AvgIpc) is 2.51. The zero-order chi connectivity index (χ0) is 16.8. The van der Waals surface area contributed by atoms with Gasteiger partial charge in [-0.25, -0.2) is 0 Å². The van der Waals surface area contributed by atoms with Crippen LogP contribution in [0.2, 0.25) is 0 Å². The molecule has 1 amide bonds. The lowest BCUT2D eigenvalue weighted by Gasteiger charge is -2.22. The van der Waals surface area contributed by atoms with Gasteiger partial charge in [0.05, 0.1) is 0 Å². The summed E-state index contributed by atoms with van der Waals surface area (Å²) in [7, 11) is 0. The predicted molar refractivity (Wildman–Crippen MR) is 85.1 cm³/mol. The topological polar surface area (TPSA) is 50.4 Å². The molecule has 4 nitrogen and oxygen atoms in total. The Morgan fingerprint density at radius 2 is 2.09 bits per heavy atom. The summed E-state index contributed by atoms with van der Waals surface area (Å²) in [5, 5.41) is 6.26. The van der Waals surface area contributed by atoms with Crippen molar-refractivity contribution in [3.8, 4) is 5.75 Å². The molecule has 1 aromatic rings. The van der Waals surface area contributed by atoms with Crippen LogP contribution in [-0.4, -0.2) is 32.2 Å². The highest BCUT2D eigenvalue weighted by atomic mass is 19.3. The van der Waals surface area contributed by atoms with Crippen LogP contribution in [0.4, 0.5) is 8.78 Å². The van der Waals surface area contributed by atoms with E-state index in [0.717, 1.165) is 19.5 Å². The van der Waals surface area contributed by atoms with Gasteiger partial charge < -0.3 is 15.4 Å². The van der Waals surface area contributed by atoms with Crippen LogP contribution in [0.15, 0.2) is 12.1 Å². The van der Waals surface area contributed by atoms with Crippen LogP contribution in [0.3, 0.4) is 0 Å². The van der Waals surface area contributed by atoms with Crippen molar-refractivity contribution >= 4 is 5.91 Å². The van der Waals surface area contributed by atoms with Crippen molar-refractivity contribution in [1.82, 2.24) is 10.6 Å². The molecular formula is C17H24F2N2O2. The summed E-state index contributed by atoms with van der Waals surface area (Å²) in [6, 6.07) is 3.17. The molecule has 0 radical (unpaired) electrons. The maximum atomic E-state index is 12.4. The van der Waals surface area contributed by atoms with Crippen LogP contribution in [-0.2, 0) is 0 Å². The fourth-order valence-corrected chi connectivity index (χ4v) is 3.02. The number of rotatable bonds is 6. The number of amides is 1. The molecule has 1 aromatic carbocycles. The quantitative estimate of drug-likeness (QED) is 0.845. The molecule has 2 rings (SSSR count). The third-order valence-electron chi connectivity index (χ3n) is 4.17. The SMILES string of the molecule is Cc1cc(C(=O)NCCC2CCCNC2)cc(C)c1OC(F)F. The number of nitrogens with one attached hydrogen (secondary N) is 2. The van der Waals surface area contributed by atoms with Crippen LogP contribution >= 0.6 is 0 Å². The molecule has 0 saturated carbocycles. The van der Waals surface area contributed by atoms with Gasteiger partial charge in [0, 0.05) is 12.1 Å². The van der Waals surface area contributed by atoms with Gasteiger partial charge >= 0.3 is 6.61 Å². The van der Waals surface area contributed by atoms with E-state index in [1.165, 1.54) is 12.8 Å². The van der Waals surface area contributed by atoms with Crippen LogP contribution in [0.1, 0.15) is 40.7 Å². The van der Waals surface area contributed by atoms with Gasteiger partial charge in [-0.3, -0.25) is 4.79 Å². The highest BCUT2D eigenvalue weighted by molar-refractivity contribution is 5.94. The van der Waals surface area contributed by atoms with Crippen molar-refractivity contribution < 1.29 is 18.3 Å². The number of carbonyl (C=O) groups excluding carboxylic acids is 1. The number of halogens is 2. The van der Waals surface area contributed by atoms with Crippen molar-refractivity contribution in [1.29, 1.82) is 0 Å². The summed E-state index contributed by atoms with van der Waals surface area (Å²) >= 11 is 0. The molecule has 0 aromatic heterocycles. The molecule has 1 saturated heterocycles. The van der Waals surface area contributed by atoms with E-state index in [1.54, 1.807) is 26.0 Å². The standard InChI is InChI=1S/C17H24F2N2O2/c1-11-8-14(9-12(2)15(11)23-17(18)19)16(22)21-7-5-13-4-3-6-20-10-13/h8-9,13,17,20H,3-7,10H2,1-2H3,(H,21,22). The van der Waals surface area contributed by atoms with E-state index in [2.05, 4.69) is 15.4 Å². The van der Waals surface area contributed by atoms with Crippen LogP contribution in [0, 0.1) is 19.8 Å². The zero-order valence-electron chi connectivity index (χ0n) is 13.6. The van der Waals surface area contributed by atoms with Gasteiger partial charge in [-0.1, -0.05) is 0 Å². The first-order valence-electron chi connectivity index (χ1n) is 8.02. The Kier molecular flexibility index (Phi) is 6.33. The van der Waals surface area contributed by atoms with E-state index in [1.807, 2.05) is 0 Å². The normalized spacial score (nSPS) is 18.0. The van der Waals surface area contributed by atoms with E-state index < -0.39 is 6.61 Å². The Bertz CT molecular complexity index is 520. The molecule has 23 heavy (non-hydrogen) atoms. The monoisotopic (exact) mass is 326 g/mol. The number of hydrogen-bond donors (Lipinski definition) is 2. The van der Waals surface area contributed by atoms with Crippen molar-refractivity contribution in [3.63, 3.8) is 0 Å². The maximum absolute atomic E-state index is 12.4. The molecule has 0 bridgehead atoms. The molecule has 1 heterocycles. The molecule has 128 valence electrons. The van der Waals surface area contributed by atoms with Gasteiger partial charge in [0.25, 0.3) is 5.91 Å². The third-order valence-corrected chi connectivity index (χ3v) is 4.17. The summed E-state index contributed by atoms with van der Waals surface area (Å²) in [5.41, 5.74) is 1.54. The van der Waals surface area contributed by atoms with Crippen molar-refractivity contribution in [2.45, 2.75) is 39.7 Å². The molecule has 2 N–H and O–H groups in total. The molecule has 1 unspecified atom stereocenters. The lowest BCUT2D eigenvalue weighted by molar-refractivity contribution is -0.0507. The first-order chi connectivity index (χ1) is 11.0. The second-order valence-electron chi connectivity index (χ2n) is 6.07. The maximum Gasteiger partial charge on any atom is 0.387 e. The second-order valence-corrected chi connectivity index (χ2v) is 6.07. The second kappa shape index (κ2) is 8.24. The lowest BCUT2D eigenvalue weighted by atomic mass is 9.96. The van der Waals surface area contributed by atoms with Gasteiger partial charge in [-0.15, -0.1) is 0 Å². The molecule has 1 fully saturated rings. The van der Waals surface area contributed by atoms with Gasteiger partial charge in [-0.2, -0.15) is 8.78 Å². The summed E-state index contributed by atoms with van der Waals surface area (Å²) in [4.78, 5) is 12.2. The van der Waals surface area contributed by atoms with Crippen LogP contribution in [0.5, 0.6) is 5.75 Å². The predicted octanol–water partition coefficient (Wildman–Crippen LogP) is 3.02. The average molecular weight is 326 g/mol.